The van der Waals surface area contributed by atoms with E-state index >= 15 is 0 Å². The van der Waals surface area contributed by atoms with E-state index in [9.17, 15) is 0 Å². The van der Waals surface area contributed by atoms with Gasteiger partial charge in [-0.1, -0.05) is 11.6 Å². The molecular formula is C16H31ClN6. The second-order valence-electron chi connectivity index (χ2n) is 6.05. The first-order chi connectivity index (χ1) is 10.6. The molecule has 0 amide bonds. The molecule has 1 rings (SSSR count). The van der Waals surface area contributed by atoms with Crippen LogP contribution >= 0.6 is 11.6 Å². The topological polar surface area (TPSA) is 85.0 Å². The third-order valence-electron chi connectivity index (χ3n) is 4.05. The van der Waals surface area contributed by atoms with Crippen molar-refractivity contribution >= 4 is 17.8 Å². The van der Waals surface area contributed by atoms with Crippen LogP contribution in [0.4, 0.5) is 0 Å². The first kappa shape index (κ1) is 21.6. The zero-order valence-corrected chi connectivity index (χ0v) is 16.0. The number of allylic oxidation sites excluding steroid dienone is 1. The van der Waals surface area contributed by atoms with Gasteiger partial charge in [-0.15, -0.1) is 0 Å². The summed E-state index contributed by atoms with van der Waals surface area (Å²) in [4.78, 5) is 4.24. The van der Waals surface area contributed by atoms with Gasteiger partial charge >= 0.3 is 0 Å². The second kappa shape index (κ2) is 10.4. The van der Waals surface area contributed by atoms with E-state index in [0.717, 1.165) is 6.21 Å². The molecule has 1 aromatic rings. The van der Waals surface area contributed by atoms with Crippen molar-refractivity contribution < 1.29 is 0 Å². The molecule has 1 aromatic heterocycles. The van der Waals surface area contributed by atoms with E-state index in [1.807, 2.05) is 26.4 Å². The predicted molar refractivity (Wildman–Crippen MR) is 98.9 cm³/mol. The maximum Gasteiger partial charge on any atom is 0.0784 e. The van der Waals surface area contributed by atoms with E-state index in [0.29, 0.717) is 22.8 Å². The molecule has 0 aliphatic carbocycles. The number of halogens is 1. The van der Waals surface area contributed by atoms with Gasteiger partial charge in [0.2, 0.25) is 0 Å². The minimum absolute atomic E-state index is 0.0640. The molecule has 132 valence electrons. The molecule has 0 fully saturated rings. The maximum absolute atomic E-state index is 6.97. The van der Waals surface area contributed by atoms with Crippen molar-refractivity contribution in [2.75, 3.05) is 21.1 Å². The molecule has 1 heterocycles. The first-order valence-corrected chi connectivity index (χ1v) is 8.03. The lowest BCUT2D eigenvalue weighted by atomic mass is 10.2. The van der Waals surface area contributed by atoms with Crippen LogP contribution in [0.1, 0.15) is 39.3 Å². The zero-order chi connectivity index (χ0) is 18.2. The Morgan fingerprint density at radius 2 is 1.87 bits per heavy atom. The molecule has 0 saturated heterocycles. The van der Waals surface area contributed by atoms with Gasteiger partial charge in [-0.3, -0.25) is 10.00 Å². The molecule has 0 aliphatic rings. The third kappa shape index (κ3) is 7.16. The van der Waals surface area contributed by atoms with E-state index in [4.69, 9.17) is 22.7 Å². The van der Waals surface area contributed by atoms with Gasteiger partial charge in [0.1, 0.15) is 0 Å². The van der Waals surface area contributed by atoms with E-state index in [1.54, 1.807) is 0 Å². The summed E-state index contributed by atoms with van der Waals surface area (Å²) in [6.07, 6.45) is 4.84. The number of aromatic amines is 1. The molecule has 2 atom stereocenters. The molecule has 23 heavy (non-hydrogen) atoms. The largest absolute Gasteiger partial charge is 0.400 e. The van der Waals surface area contributed by atoms with Crippen molar-refractivity contribution in [2.45, 2.75) is 45.8 Å². The molecule has 0 aromatic carbocycles. The SMILES string of the molecule is CC(C)N(C)C(C)/C(N)=C(\Cl)C=N.CC(c1cn[nH]c1)N(C)C. The molecule has 2 unspecified atom stereocenters. The molecule has 0 bridgehead atoms. The number of aromatic nitrogens is 2. The summed E-state index contributed by atoms with van der Waals surface area (Å²) in [6.45, 7) is 8.29. The molecule has 0 saturated carbocycles. The fourth-order valence-corrected chi connectivity index (χ4v) is 1.89. The van der Waals surface area contributed by atoms with Crippen LogP contribution in [0, 0.1) is 5.41 Å². The Balaban J connectivity index is 0.000000433. The number of rotatable bonds is 6. The van der Waals surface area contributed by atoms with Crippen LogP contribution in [0.5, 0.6) is 0 Å². The first-order valence-electron chi connectivity index (χ1n) is 7.66. The van der Waals surface area contributed by atoms with Gasteiger partial charge in [0.05, 0.1) is 11.2 Å². The van der Waals surface area contributed by atoms with Crippen LogP contribution in [0.2, 0.25) is 0 Å². The van der Waals surface area contributed by atoms with Gasteiger partial charge in [0.15, 0.2) is 0 Å². The second-order valence-corrected chi connectivity index (χ2v) is 6.46. The molecular weight excluding hydrogens is 312 g/mol. The van der Waals surface area contributed by atoms with Crippen molar-refractivity contribution in [3.8, 4) is 0 Å². The number of hydrogen-bond donors (Lipinski definition) is 3. The molecule has 0 spiro atoms. The summed E-state index contributed by atoms with van der Waals surface area (Å²) in [5.41, 5.74) is 7.54. The molecule has 7 heteroatoms. The number of likely N-dealkylation sites (N-methyl/N-ethyl adjacent to an activating group) is 1. The van der Waals surface area contributed by atoms with Crippen LogP contribution in [-0.2, 0) is 0 Å². The summed E-state index contributed by atoms with van der Waals surface area (Å²) in [6, 6.07) is 0.914. The Kier molecular flexibility index (Phi) is 9.79. The Labute approximate surface area is 145 Å². The summed E-state index contributed by atoms with van der Waals surface area (Å²) in [7, 11) is 6.09. The normalized spacial score (nSPS) is 15.1. The van der Waals surface area contributed by atoms with Gasteiger partial charge in [0.25, 0.3) is 0 Å². The van der Waals surface area contributed by atoms with Gasteiger partial charge in [-0.2, -0.15) is 5.10 Å². The van der Waals surface area contributed by atoms with Gasteiger partial charge in [0, 0.05) is 41.8 Å². The van der Waals surface area contributed by atoms with Crippen LogP contribution in [0.25, 0.3) is 0 Å². The van der Waals surface area contributed by atoms with E-state index in [-0.39, 0.29) is 6.04 Å². The fraction of sp³-hybridized carbons (Fsp3) is 0.625. The van der Waals surface area contributed by atoms with Crippen molar-refractivity contribution in [1.82, 2.24) is 20.0 Å². The maximum atomic E-state index is 6.97. The number of hydrogen-bond acceptors (Lipinski definition) is 5. The van der Waals surface area contributed by atoms with Crippen LogP contribution in [0.15, 0.2) is 23.1 Å². The van der Waals surface area contributed by atoms with E-state index in [2.05, 4.69) is 54.9 Å². The highest BCUT2D eigenvalue weighted by molar-refractivity contribution is 6.39. The van der Waals surface area contributed by atoms with Crippen LogP contribution in [0.3, 0.4) is 0 Å². The number of nitrogens with one attached hydrogen (secondary N) is 2. The lowest BCUT2D eigenvalue weighted by Crippen LogP contribution is -2.38. The highest BCUT2D eigenvalue weighted by atomic mass is 35.5. The Bertz CT molecular complexity index is 481. The minimum Gasteiger partial charge on any atom is -0.400 e. The van der Waals surface area contributed by atoms with Crippen molar-refractivity contribution in [2.24, 2.45) is 5.73 Å². The third-order valence-corrected chi connectivity index (χ3v) is 4.38. The predicted octanol–water partition coefficient (Wildman–Crippen LogP) is 2.81. The fourth-order valence-electron chi connectivity index (χ4n) is 1.74. The van der Waals surface area contributed by atoms with Crippen LogP contribution in [-0.4, -0.2) is 59.4 Å². The van der Waals surface area contributed by atoms with Gasteiger partial charge in [-0.25, -0.2) is 0 Å². The van der Waals surface area contributed by atoms with E-state index in [1.165, 1.54) is 5.56 Å². The van der Waals surface area contributed by atoms with E-state index < -0.39 is 0 Å². The smallest absolute Gasteiger partial charge is 0.0784 e. The number of nitrogens with zero attached hydrogens (tertiary/aromatic N) is 3. The molecule has 0 radical (unpaired) electrons. The van der Waals surface area contributed by atoms with Crippen molar-refractivity contribution in [3.63, 3.8) is 0 Å². The Morgan fingerprint density at radius 1 is 1.30 bits per heavy atom. The highest BCUT2D eigenvalue weighted by Crippen LogP contribution is 2.14. The van der Waals surface area contributed by atoms with Gasteiger partial charge < -0.3 is 16.0 Å². The van der Waals surface area contributed by atoms with Crippen LogP contribution < -0.4 is 5.73 Å². The summed E-state index contributed by atoms with van der Waals surface area (Å²) in [5, 5.41) is 13.9. The standard InChI is InChI=1S/C9H18ClN3.C7H13N3/c1-6(2)13(4)7(3)9(12)8(10)5-11;1-6(10(2)3)7-4-8-9-5-7/h5-7,11H,12H2,1-4H3;4-6H,1-3H3,(H,8,9)/b9-8+,11-5?;. The quantitative estimate of drug-likeness (QED) is 0.694. The molecule has 4 N–H and O–H groups in total. The average molecular weight is 343 g/mol. The zero-order valence-electron chi connectivity index (χ0n) is 15.3. The average Bonchev–Trinajstić information content (AvgIpc) is 3.05. The lowest BCUT2D eigenvalue weighted by Gasteiger charge is -2.28. The summed E-state index contributed by atoms with van der Waals surface area (Å²) >= 11 is 5.74. The summed E-state index contributed by atoms with van der Waals surface area (Å²) in [5.74, 6) is 0. The Morgan fingerprint density at radius 3 is 2.22 bits per heavy atom. The molecule has 6 nitrogen and oxygen atoms in total. The lowest BCUT2D eigenvalue weighted by molar-refractivity contribution is 0.231. The number of H-pyrrole nitrogens is 1. The highest BCUT2D eigenvalue weighted by Gasteiger charge is 2.16. The van der Waals surface area contributed by atoms with Crippen molar-refractivity contribution in [3.05, 3.63) is 28.7 Å². The summed E-state index contributed by atoms with van der Waals surface area (Å²) < 4.78 is 0. The monoisotopic (exact) mass is 342 g/mol. The minimum atomic E-state index is 0.0640. The number of nitrogens with two attached hydrogens (primary N) is 1. The van der Waals surface area contributed by atoms with Gasteiger partial charge in [-0.05, 0) is 48.8 Å². The Hall–Kier alpha value is -1.37. The molecule has 0 aliphatic heterocycles. The van der Waals surface area contributed by atoms with Crippen molar-refractivity contribution in [1.29, 1.82) is 5.41 Å².